The van der Waals surface area contributed by atoms with E-state index in [1.165, 1.54) is 0 Å². The smallest absolute Gasteiger partial charge is 0.408 e. The Morgan fingerprint density at radius 3 is 2.14 bits per heavy atom. The number of alkyl carbamates (subject to hydrolysis) is 1. The van der Waals surface area contributed by atoms with E-state index < -0.39 is 23.8 Å². The number of fused-ring (bicyclic) bond motifs is 1. The molecule has 0 aromatic heterocycles. The van der Waals surface area contributed by atoms with Crippen molar-refractivity contribution in [2.24, 2.45) is 5.92 Å². The highest BCUT2D eigenvalue weighted by atomic mass is 16.6. The van der Waals surface area contributed by atoms with E-state index in [1.54, 1.807) is 25.7 Å². The molecule has 226 valence electrons. The summed E-state index contributed by atoms with van der Waals surface area (Å²) in [4.78, 5) is 43.2. The van der Waals surface area contributed by atoms with Crippen LogP contribution < -0.4 is 10.6 Å². The van der Waals surface area contributed by atoms with E-state index >= 15 is 0 Å². The van der Waals surface area contributed by atoms with Crippen LogP contribution in [0, 0.1) is 19.8 Å². The zero-order valence-electron chi connectivity index (χ0n) is 26.4. The Morgan fingerprint density at radius 2 is 1.55 bits per heavy atom. The molecular formula is C35H47N3O4. The fourth-order valence-electron chi connectivity index (χ4n) is 5.11. The lowest BCUT2D eigenvalue weighted by Crippen LogP contribution is -2.55. The van der Waals surface area contributed by atoms with Gasteiger partial charge in [0.1, 0.15) is 17.7 Å². The minimum atomic E-state index is -0.902. The minimum absolute atomic E-state index is 0.183. The van der Waals surface area contributed by atoms with E-state index in [2.05, 4.69) is 17.6 Å². The highest BCUT2D eigenvalue weighted by Gasteiger charge is 2.38. The molecule has 3 rings (SSSR count). The Kier molecular flexibility index (Phi) is 11.1. The number of ether oxygens (including phenoxy) is 1. The van der Waals surface area contributed by atoms with Crippen LogP contribution >= 0.6 is 0 Å². The third-order valence-electron chi connectivity index (χ3n) is 7.32. The molecule has 0 aliphatic heterocycles. The number of amides is 3. The minimum Gasteiger partial charge on any atom is -0.444 e. The lowest BCUT2D eigenvalue weighted by molar-refractivity contribution is -0.142. The molecule has 42 heavy (non-hydrogen) atoms. The van der Waals surface area contributed by atoms with Crippen LogP contribution in [0.15, 0.2) is 60.7 Å². The molecule has 0 fully saturated rings. The van der Waals surface area contributed by atoms with E-state index in [9.17, 15) is 14.4 Å². The van der Waals surface area contributed by atoms with Gasteiger partial charge in [0.05, 0.1) is 0 Å². The van der Waals surface area contributed by atoms with Gasteiger partial charge in [-0.15, -0.1) is 0 Å². The van der Waals surface area contributed by atoms with Crippen molar-refractivity contribution in [1.82, 2.24) is 10.2 Å². The molecule has 3 aromatic rings. The Bertz CT molecular complexity index is 1370. The summed E-state index contributed by atoms with van der Waals surface area (Å²) in [5.41, 5.74) is 2.68. The number of carbonyl (C=O) groups is 3. The van der Waals surface area contributed by atoms with E-state index in [0.29, 0.717) is 25.1 Å². The molecule has 7 heteroatoms. The Morgan fingerprint density at radius 1 is 0.905 bits per heavy atom. The summed E-state index contributed by atoms with van der Waals surface area (Å²) in [5, 5.41) is 8.01. The Hall–Kier alpha value is -3.87. The summed E-state index contributed by atoms with van der Waals surface area (Å²) in [6.07, 6.45) is 1.55. The van der Waals surface area contributed by atoms with Crippen molar-refractivity contribution < 1.29 is 19.1 Å². The van der Waals surface area contributed by atoms with E-state index in [1.807, 2.05) is 88.4 Å². The van der Waals surface area contributed by atoms with Crippen LogP contribution in [-0.2, 0) is 14.3 Å². The zero-order valence-corrected chi connectivity index (χ0v) is 26.4. The van der Waals surface area contributed by atoms with Gasteiger partial charge in [-0.1, -0.05) is 93.3 Å². The first-order valence-electron chi connectivity index (χ1n) is 15.0. The molecule has 3 unspecified atom stereocenters. The van der Waals surface area contributed by atoms with Gasteiger partial charge in [-0.2, -0.15) is 0 Å². The number of aryl methyl sites for hydroxylation is 2. The third kappa shape index (κ3) is 8.81. The Balaban J connectivity index is 2.07. The van der Waals surface area contributed by atoms with Crippen molar-refractivity contribution in [1.29, 1.82) is 0 Å². The molecule has 0 saturated heterocycles. The van der Waals surface area contributed by atoms with Gasteiger partial charge in [0.15, 0.2) is 0 Å². The molecule has 3 atom stereocenters. The van der Waals surface area contributed by atoms with E-state index in [4.69, 9.17) is 4.74 Å². The summed E-state index contributed by atoms with van der Waals surface area (Å²) < 4.78 is 5.51. The molecule has 3 amide bonds. The molecule has 7 nitrogen and oxygen atoms in total. The maximum absolute atomic E-state index is 14.4. The molecule has 0 aliphatic carbocycles. The first-order chi connectivity index (χ1) is 19.8. The highest BCUT2D eigenvalue weighted by Crippen LogP contribution is 2.29. The van der Waals surface area contributed by atoms with Crippen LogP contribution in [-0.4, -0.2) is 41.0 Å². The second kappa shape index (κ2) is 14.3. The number of benzene rings is 3. The van der Waals surface area contributed by atoms with Crippen LogP contribution in [0.4, 0.5) is 10.5 Å². The molecule has 0 bridgehead atoms. The Labute approximate surface area is 251 Å². The summed E-state index contributed by atoms with van der Waals surface area (Å²) in [7, 11) is 0. The molecule has 0 spiro atoms. The summed E-state index contributed by atoms with van der Waals surface area (Å²) in [5.74, 6) is -0.793. The van der Waals surface area contributed by atoms with E-state index in [0.717, 1.165) is 33.9 Å². The first-order valence-corrected chi connectivity index (χ1v) is 15.0. The normalized spacial score (nSPS) is 13.6. The standard InChI is InChI=1S/C35H47N3O4/c1-9-11-18-38(33(40)30(25(5)10-2)37-34(41)42-35(6,7)8)31(28-20-23(3)19-24(4)21-28)32(39)36-29-17-16-26-14-12-13-15-27(26)22-29/h12-17,19-22,25,30-31H,9-11,18H2,1-8H3,(H,36,39)(H,37,41). The number of unbranched alkanes of at least 4 members (excludes halogenated alkanes) is 1. The fourth-order valence-corrected chi connectivity index (χ4v) is 5.11. The van der Waals surface area contributed by atoms with Gasteiger partial charge in [0, 0.05) is 12.2 Å². The van der Waals surface area contributed by atoms with Crippen molar-refractivity contribution in [3.05, 3.63) is 77.4 Å². The molecule has 0 radical (unpaired) electrons. The van der Waals surface area contributed by atoms with Crippen LogP contribution in [0.2, 0.25) is 0 Å². The van der Waals surface area contributed by atoms with Crippen LogP contribution in [0.3, 0.4) is 0 Å². The molecule has 2 N–H and O–H groups in total. The van der Waals surface area contributed by atoms with Gasteiger partial charge in [0.25, 0.3) is 5.91 Å². The number of carbonyl (C=O) groups excluding carboxylic acids is 3. The number of nitrogens with one attached hydrogen (secondary N) is 2. The molecule has 0 saturated carbocycles. The predicted molar refractivity (Wildman–Crippen MR) is 170 cm³/mol. The lowest BCUT2D eigenvalue weighted by atomic mass is 9.94. The van der Waals surface area contributed by atoms with Gasteiger partial charge in [-0.3, -0.25) is 9.59 Å². The number of anilines is 1. The number of hydrogen-bond acceptors (Lipinski definition) is 4. The zero-order chi connectivity index (χ0) is 31.0. The average Bonchev–Trinajstić information content (AvgIpc) is 2.91. The molecule has 3 aromatic carbocycles. The second-order valence-electron chi connectivity index (χ2n) is 12.3. The molecule has 0 heterocycles. The third-order valence-corrected chi connectivity index (χ3v) is 7.32. The van der Waals surface area contributed by atoms with Gasteiger partial charge < -0.3 is 20.3 Å². The summed E-state index contributed by atoms with van der Waals surface area (Å²) in [6.45, 7) is 15.6. The van der Waals surface area contributed by atoms with Gasteiger partial charge in [-0.05, 0) is 75.4 Å². The largest absolute Gasteiger partial charge is 0.444 e. The predicted octanol–water partition coefficient (Wildman–Crippen LogP) is 7.70. The van der Waals surface area contributed by atoms with Crippen molar-refractivity contribution >= 4 is 34.4 Å². The molecular weight excluding hydrogens is 526 g/mol. The maximum atomic E-state index is 14.4. The van der Waals surface area contributed by atoms with Gasteiger partial charge in [-0.25, -0.2) is 4.79 Å². The van der Waals surface area contributed by atoms with Gasteiger partial charge in [0.2, 0.25) is 5.91 Å². The van der Waals surface area contributed by atoms with Crippen molar-refractivity contribution in [3.8, 4) is 0 Å². The fraction of sp³-hybridized carbons (Fsp3) is 0.457. The van der Waals surface area contributed by atoms with Gasteiger partial charge >= 0.3 is 6.09 Å². The molecule has 0 aliphatic rings. The monoisotopic (exact) mass is 573 g/mol. The average molecular weight is 574 g/mol. The topological polar surface area (TPSA) is 87.7 Å². The first kappa shape index (κ1) is 32.6. The van der Waals surface area contributed by atoms with Crippen molar-refractivity contribution in [2.75, 3.05) is 11.9 Å². The van der Waals surface area contributed by atoms with Crippen LogP contribution in [0.25, 0.3) is 10.8 Å². The van der Waals surface area contributed by atoms with Crippen LogP contribution in [0.1, 0.15) is 83.5 Å². The maximum Gasteiger partial charge on any atom is 0.408 e. The summed E-state index contributed by atoms with van der Waals surface area (Å²) in [6, 6.07) is 18.0. The second-order valence-corrected chi connectivity index (χ2v) is 12.3. The number of nitrogens with zero attached hydrogens (tertiary/aromatic N) is 1. The number of rotatable bonds is 11. The van der Waals surface area contributed by atoms with Crippen molar-refractivity contribution in [2.45, 2.75) is 92.3 Å². The SMILES string of the molecule is CCCCN(C(=O)C(NC(=O)OC(C)(C)C)C(C)CC)C(C(=O)Nc1ccc2ccccc2c1)c1cc(C)cc(C)c1. The van der Waals surface area contributed by atoms with Crippen LogP contribution in [0.5, 0.6) is 0 Å². The number of hydrogen-bond donors (Lipinski definition) is 2. The van der Waals surface area contributed by atoms with E-state index in [-0.39, 0.29) is 17.7 Å². The van der Waals surface area contributed by atoms with Crippen molar-refractivity contribution in [3.63, 3.8) is 0 Å². The lowest BCUT2D eigenvalue weighted by Gasteiger charge is -2.36. The quantitative estimate of drug-likeness (QED) is 0.246. The highest BCUT2D eigenvalue weighted by molar-refractivity contribution is 6.00. The summed E-state index contributed by atoms with van der Waals surface area (Å²) >= 11 is 0.